The molecular weight excluding hydrogens is 334 g/mol. The molecule has 0 heterocycles. The molecule has 8 heteroatoms. The van der Waals surface area contributed by atoms with Gasteiger partial charge in [-0.2, -0.15) is 0 Å². The third-order valence-electron chi connectivity index (χ3n) is 3.68. The van der Waals surface area contributed by atoms with E-state index in [1.54, 1.807) is 13.8 Å². The highest BCUT2D eigenvalue weighted by atomic mass is 32.2. The van der Waals surface area contributed by atoms with Gasteiger partial charge in [0.2, 0.25) is 10.0 Å². The molecule has 1 unspecified atom stereocenters. The molecule has 0 saturated heterocycles. The summed E-state index contributed by atoms with van der Waals surface area (Å²) in [7, 11) is -3.39. The molecule has 0 aromatic carbocycles. The molecule has 1 atom stereocenters. The lowest BCUT2D eigenvalue weighted by molar-refractivity contribution is -0.140. The first-order chi connectivity index (χ1) is 11.3. The van der Waals surface area contributed by atoms with E-state index >= 15 is 0 Å². The van der Waals surface area contributed by atoms with Gasteiger partial charge in [0, 0.05) is 12.2 Å². The highest BCUT2D eigenvalue weighted by molar-refractivity contribution is 7.89. The minimum absolute atomic E-state index is 0.101. The fraction of sp³-hybridized carbons (Fsp3) is 0.750. The second-order valence-corrected chi connectivity index (χ2v) is 7.82. The van der Waals surface area contributed by atoms with E-state index in [2.05, 4.69) is 9.46 Å². The fourth-order valence-corrected chi connectivity index (χ4v) is 4.37. The van der Waals surface area contributed by atoms with E-state index in [1.165, 1.54) is 6.42 Å². The third kappa shape index (κ3) is 9.02. The van der Waals surface area contributed by atoms with Gasteiger partial charge >= 0.3 is 11.9 Å². The Morgan fingerprint density at radius 1 is 1.12 bits per heavy atom. The summed E-state index contributed by atoms with van der Waals surface area (Å²) in [5.41, 5.74) is 0. The van der Waals surface area contributed by atoms with Gasteiger partial charge in [-0.1, -0.05) is 19.3 Å². The molecule has 0 aromatic rings. The van der Waals surface area contributed by atoms with Crippen LogP contribution in [0.2, 0.25) is 0 Å². The molecule has 1 saturated carbocycles. The molecule has 0 aliphatic heterocycles. The summed E-state index contributed by atoms with van der Waals surface area (Å²) in [6.45, 7) is 3.40. The largest absolute Gasteiger partial charge is 0.463 e. The molecular formula is C16H27NO6S. The lowest BCUT2D eigenvalue weighted by atomic mass is 9.91. The fourth-order valence-electron chi connectivity index (χ4n) is 2.63. The molecule has 1 aliphatic rings. The maximum atomic E-state index is 12.1. The molecule has 1 rings (SSSR count). The topological polar surface area (TPSA) is 98.8 Å². The van der Waals surface area contributed by atoms with Crippen molar-refractivity contribution in [3.05, 3.63) is 12.2 Å². The molecule has 138 valence electrons. The lowest BCUT2D eigenvalue weighted by Crippen LogP contribution is -2.39. The van der Waals surface area contributed by atoms with Crippen LogP contribution in [-0.4, -0.2) is 45.4 Å². The van der Waals surface area contributed by atoms with Crippen molar-refractivity contribution in [3.8, 4) is 0 Å². The molecule has 0 amide bonds. The van der Waals surface area contributed by atoms with Gasteiger partial charge in [-0.15, -0.1) is 0 Å². The summed E-state index contributed by atoms with van der Waals surface area (Å²) in [5.74, 6) is -1.02. The van der Waals surface area contributed by atoms with Crippen molar-refractivity contribution in [1.29, 1.82) is 0 Å². The molecule has 0 aromatic heterocycles. The number of nitrogens with one attached hydrogen (secondary N) is 1. The van der Waals surface area contributed by atoms with Gasteiger partial charge in [0.25, 0.3) is 0 Å². The summed E-state index contributed by atoms with van der Waals surface area (Å²) in [6.07, 6.45) is 7.17. The Kier molecular flexibility index (Phi) is 8.99. The van der Waals surface area contributed by atoms with Crippen LogP contribution in [0.3, 0.4) is 0 Å². The van der Waals surface area contributed by atoms with Gasteiger partial charge in [-0.3, -0.25) is 0 Å². The van der Waals surface area contributed by atoms with Gasteiger partial charge in [0.15, 0.2) is 0 Å². The Morgan fingerprint density at radius 2 is 1.71 bits per heavy atom. The molecule has 0 spiro atoms. The second-order valence-electron chi connectivity index (χ2n) is 6.02. The summed E-state index contributed by atoms with van der Waals surface area (Å²) in [4.78, 5) is 22.5. The third-order valence-corrected chi connectivity index (χ3v) is 5.35. The first kappa shape index (κ1) is 20.6. The Balaban J connectivity index is 2.32. The van der Waals surface area contributed by atoms with Crippen LogP contribution >= 0.6 is 0 Å². The normalized spacial score (nSPS) is 17.6. The summed E-state index contributed by atoms with van der Waals surface area (Å²) in [6, 6.07) is -0.529. The lowest BCUT2D eigenvalue weighted by Gasteiger charge is -2.22. The Morgan fingerprint density at radius 3 is 2.29 bits per heavy atom. The van der Waals surface area contributed by atoms with Crippen LogP contribution in [0.1, 0.15) is 46.0 Å². The predicted molar refractivity (Wildman–Crippen MR) is 89.7 cm³/mol. The van der Waals surface area contributed by atoms with Gasteiger partial charge in [0.05, 0.1) is 18.4 Å². The van der Waals surface area contributed by atoms with Gasteiger partial charge in [0.1, 0.15) is 6.61 Å². The molecule has 24 heavy (non-hydrogen) atoms. The van der Waals surface area contributed by atoms with Crippen LogP contribution in [0.5, 0.6) is 0 Å². The number of hydrogen-bond donors (Lipinski definition) is 1. The van der Waals surface area contributed by atoms with Crippen molar-refractivity contribution in [2.75, 3.05) is 19.0 Å². The van der Waals surface area contributed by atoms with Crippen molar-refractivity contribution in [1.82, 2.24) is 4.72 Å². The van der Waals surface area contributed by atoms with Crippen molar-refractivity contribution >= 4 is 22.0 Å². The van der Waals surface area contributed by atoms with Crippen LogP contribution in [-0.2, 0) is 29.1 Å². The monoisotopic (exact) mass is 361 g/mol. The maximum absolute atomic E-state index is 12.1. The van der Waals surface area contributed by atoms with E-state index in [4.69, 9.17) is 4.74 Å². The van der Waals surface area contributed by atoms with Gasteiger partial charge in [-0.25, -0.2) is 22.7 Å². The van der Waals surface area contributed by atoms with Crippen LogP contribution in [0, 0.1) is 5.92 Å². The zero-order valence-electron chi connectivity index (χ0n) is 14.3. The van der Waals surface area contributed by atoms with Crippen LogP contribution in [0.25, 0.3) is 0 Å². The van der Waals surface area contributed by atoms with Crippen molar-refractivity contribution in [3.63, 3.8) is 0 Å². The van der Waals surface area contributed by atoms with E-state index in [0.717, 1.165) is 37.8 Å². The first-order valence-corrected chi connectivity index (χ1v) is 9.99. The van der Waals surface area contributed by atoms with Crippen molar-refractivity contribution in [2.24, 2.45) is 5.92 Å². The molecule has 0 bridgehead atoms. The van der Waals surface area contributed by atoms with Gasteiger partial charge < -0.3 is 9.47 Å². The number of carbonyl (C=O) groups excluding carboxylic acids is 2. The average Bonchev–Trinajstić information content (AvgIpc) is 2.51. The van der Waals surface area contributed by atoms with Crippen LogP contribution in [0.15, 0.2) is 12.2 Å². The summed E-state index contributed by atoms with van der Waals surface area (Å²) < 4.78 is 36.3. The smallest absolute Gasteiger partial charge is 0.331 e. The number of hydrogen-bond acceptors (Lipinski definition) is 6. The average molecular weight is 361 g/mol. The minimum Gasteiger partial charge on any atom is -0.463 e. The molecule has 1 N–H and O–H groups in total. The Labute approximate surface area is 143 Å². The molecule has 1 fully saturated rings. The van der Waals surface area contributed by atoms with E-state index in [1.807, 2.05) is 0 Å². The van der Waals surface area contributed by atoms with Crippen molar-refractivity contribution in [2.45, 2.75) is 52.0 Å². The van der Waals surface area contributed by atoms with Crippen LogP contribution in [0.4, 0.5) is 0 Å². The zero-order chi connectivity index (χ0) is 18.0. The summed E-state index contributed by atoms with van der Waals surface area (Å²) in [5, 5.41) is 0. The SMILES string of the molecule is CCOC(=O)/C=C/C(=O)OCC(C)NS(=O)(=O)CC1CCCCC1. The first-order valence-electron chi connectivity index (χ1n) is 8.34. The summed E-state index contributed by atoms with van der Waals surface area (Å²) >= 11 is 0. The number of ether oxygens (including phenoxy) is 2. The Hall–Kier alpha value is -1.41. The quantitative estimate of drug-likeness (QED) is 0.494. The van der Waals surface area contributed by atoms with E-state index in [-0.39, 0.29) is 24.9 Å². The number of esters is 2. The van der Waals surface area contributed by atoms with Crippen LogP contribution < -0.4 is 4.72 Å². The Bertz CT molecular complexity index is 537. The number of rotatable bonds is 9. The predicted octanol–water partition coefficient (Wildman–Crippen LogP) is 1.54. The van der Waals surface area contributed by atoms with Gasteiger partial charge in [-0.05, 0) is 32.6 Å². The molecule has 7 nitrogen and oxygen atoms in total. The highest BCUT2D eigenvalue weighted by Crippen LogP contribution is 2.24. The zero-order valence-corrected chi connectivity index (χ0v) is 15.1. The number of sulfonamides is 1. The standard InChI is InChI=1S/C16H27NO6S/c1-3-22-15(18)9-10-16(19)23-11-13(2)17-24(20,21)12-14-7-5-4-6-8-14/h9-10,13-14,17H,3-8,11-12H2,1-2H3/b10-9+. The van der Waals surface area contributed by atoms with E-state index in [9.17, 15) is 18.0 Å². The number of carbonyl (C=O) groups is 2. The molecule has 0 radical (unpaired) electrons. The second kappa shape index (κ2) is 10.5. The van der Waals surface area contributed by atoms with E-state index in [0.29, 0.717) is 0 Å². The highest BCUT2D eigenvalue weighted by Gasteiger charge is 2.23. The van der Waals surface area contributed by atoms with Crippen molar-refractivity contribution < 1.29 is 27.5 Å². The minimum atomic E-state index is -3.39. The maximum Gasteiger partial charge on any atom is 0.331 e. The molecule has 1 aliphatic carbocycles. The van der Waals surface area contributed by atoms with E-state index < -0.39 is 28.0 Å².